The molecular formula is C16H16N2O. The molecule has 96 valence electrons. The summed E-state index contributed by atoms with van der Waals surface area (Å²) in [6, 6.07) is 12.3. The molecule has 0 unspecified atom stereocenters. The molecule has 1 heterocycles. The Hall–Kier alpha value is -2.21. The SMILES string of the molecule is N#CC1=C(N)OC2=C(CCCC2)[C@@H]1c1ccccc1. The van der Waals surface area contributed by atoms with E-state index in [-0.39, 0.29) is 11.8 Å². The zero-order valence-corrected chi connectivity index (χ0v) is 10.7. The van der Waals surface area contributed by atoms with Crippen LogP contribution in [0.2, 0.25) is 0 Å². The number of hydrogen-bond donors (Lipinski definition) is 1. The highest BCUT2D eigenvalue weighted by molar-refractivity contribution is 5.49. The Bertz CT molecular complexity index is 593. The molecule has 1 aliphatic carbocycles. The minimum Gasteiger partial charge on any atom is -0.445 e. The predicted molar refractivity (Wildman–Crippen MR) is 72.6 cm³/mol. The average molecular weight is 252 g/mol. The van der Waals surface area contributed by atoms with Crippen molar-refractivity contribution in [3.63, 3.8) is 0 Å². The Morgan fingerprint density at radius 1 is 1.16 bits per heavy atom. The first-order valence-electron chi connectivity index (χ1n) is 6.65. The fourth-order valence-corrected chi connectivity index (χ4v) is 2.96. The highest BCUT2D eigenvalue weighted by atomic mass is 16.5. The van der Waals surface area contributed by atoms with Crippen molar-refractivity contribution in [2.75, 3.05) is 0 Å². The van der Waals surface area contributed by atoms with Crippen molar-refractivity contribution in [1.82, 2.24) is 0 Å². The highest BCUT2D eigenvalue weighted by Gasteiger charge is 2.33. The predicted octanol–water partition coefficient (Wildman–Crippen LogP) is 3.32. The lowest BCUT2D eigenvalue weighted by Gasteiger charge is -2.31. The molecule has 0 fully saturated rings. The first-order chi connectivity index (χ1) is 9.31. The number of nitrogens with two attached hydrogens (primary N) is 1. The van der Waals surface area contributed by atoms with E-state index in [1.54, 1.807) is 0 Å². The molecule has 0 bridgehead atoms. The summed E-state index contributed by atoms with van der Waals surface area (Å²) in [6.07, 6.45) is 4.21. The van der Waals surface area contributed by atoms with Crippen LogP contribution < -0.4 is 5.73 Å². The zero-order chi connectivity index (χ0) is 13.2. The van der Waals surface area contributed by atoms with Crippen LogP contribution in [0.5, 0.6) is 0 Å². The molecule has 0 aromatic heterocycles. The van der Waals surface area contributed by atoms with Gasteiger partial charge in [0.1, 0.15) is 17.4 Å². The summed E-state index contributed by atoms with van der Waals surface area (Å²) in [7, 11) is 0. The van der Waals surface area contributed by atoms with E-state index in [0.29, 0.717) is 5.57 Å². The van der Waals surface area contributed by atoms with Crippen LogP contribution in [0.3, 0.4) is 0 Å². The molecule has 1 atom stereocenters. The lowest BCUT2D eigenvalue weighted by atomic mass is 9.78. The van der Waals surface area contributed by atoms with Crippen molar-refractivity contribution in [3.8, 4) is 6.07 Å². The largest absolute Gasteiger partial charge is 0.445 e. The summed E-state index contributed by atoms with van der Waals surface area (Å²) in [5, 5.41) is 9.39. The smallest absolute Gasteiger partial charge is 0.205 e. The van der Waals surface area contributed by atoms with Crippen molar-refractivity contribution < 1.29 is 4.74 Å². The average Bonchev–Trinajstić information content (AvgIpc) is 2.46. The third-order valence-corrected chi connectivity index (χ3v) is 3.85. The molecule has 0 amide bonds. The first kappa shape index (κ1) is 11.9. The van der Waals surface area contributed by atoms with E-state index >= 15 is 0 Å². The number of nitrogens with zero attached hydrogens (tertiary/aromatic N) is 1. The Labute approximate surface area is 113 Å². The molecule has 1 aliphatic heterocycles. The van der Waals surface area contributed by atoms with Crippen molar-refractivity contribution in [1.29, 1.82) is 5.26 Å². The number of allylic oxidation sites excluding steroid dienone is 3. The van der Waals surface area contributed by atoms with Crippen molar-refractivity contribution in [2.45, 2.75) is 31.6 Å². The Kier molecular flexibility index (Phi) is 3.00. The van der Waals surface area contributed by atoms with Crippen LogP contribution in [0.25, 0.3) is 0 Å². The Morgan fingerprint density at radius 2 is 1.89 bits per heavy atom. The molecule has 1 aromatic carbocycles. The monoisotopic (exact) mass is 252 g/mol. The minimum absolute atomic E-state index is 0.0183. The van der Waals surface area contributed by atoms with Crippen LogP contribution in [0.15, 0.2) is 53.1 Å². The van der Waals surface area contributed by atoms with Crippen LogP contribution >= 0.6 is 0 Å². The number of hydrogen-bond acceptors (Lipinski definition) is 3. The van der Waals surface area contributed by atoms with E-state index in [2.05, 4.69) is 18.2 Å². The second-order valence-electron chi connectivity index (χ2n) is 4.99. The van der Waals surface area contributed by atoms with Crippen molar-refractivity contribution in [3.05, 3.63) is 58.7 Å². The lowest BCUT2D eigenvalue weighted by molar-refractivity contribution is 0.251. The van der Waals surface area contributed by atoms with E-state index in [0.717, 1.165) is 37.0 Å². The second kappa shape index (κ2) is 4.81. The summed E-state index contributed by atoms with van der Waals surface area (Å²) in [4.78, 5) is 0. The first-order valence-corrected chi connectivity index (χ1v) is 6.65. The van der Waals surface area contributed by atoms with E-state index in [4.69, 9.17) is 10.5 Å². The van der Waals surface area contributed by atoms with Crippen LogP contribution in [0, 0.1) is 11.3 Å². The maximum Gasteiger partial charge on any atom is 0.205 e. The molecule has 3 rings (SSSR count). The Morgan fingerprint density at radius 3 is 2.63 bits per heavy atom. The van der Waals surface area contributed by atoms with Crippen LogP contribution in [-0.4, -0.2) is 0 Å². The van der Waals surface area contributed by atoms with Gasteiger partial charge >= 0.3 is 0 Å². The third-order valence-electron chi connectivity index (χ3n) is 3.85. The molecule has 0 saturated heterocycles. The fourth-order valence-electron chi connectivity index (χ4n) is 2.96. The van der Waals surface area contributed by atoms with Crippen molar-refractivity contribution >= 4 is 0 Å². The number of ether oxygens (including phenoxy) is 1. The molecule has 0 radical (unpaired) electrons. The van der Waals surface area contributed by atoms with Gasteiger partial charge in [-0.1, -0.05) is 30.3 Å². The van der Waals surface area contributed by atoms with Crippen LogP contribution in [0.4, 0.5) is 0 Å². The summed E-state index contributed by atoms with van der Waals surface area (Å²) in [5.74, 6) is 1.24. The molecule has 1 aromatic rings. The quantitative estimate of drug-likeness (QED) is 0.834. The van der Waals surface area contributed by atoms with Crippen LogP contribution in [-0.2, 0) is 4.74 Å². The van der Waals surface area contributed by atoms with Crippen LogP contribution in [0.1, 0.15) is 37.2 Å². The van der Waals surface area contributed by atoms with Gasteiger partial charge in [-0.3, -0.25) is 0 Å². The highest BCUT2D eigenvalue weighted by Crippen LogP contribution is 2.44. The van der Waals surface area contributed by atoms with Gasteiger partial charge in [0.2, 0.25) is 5.88 Å². The zero-order valence-electron chi connectivity index (χ0n) is 10.7. The molecule has 0 saturated carbocycles. The van der Waals surface area contributed by atoms with Gasteiger partial charge in [0, 0.05) is 12.3 Å². The molecule has 3 heteroatoms. The molecule has 0 spiro atoms. The summed E-state index contributed by atoms with van der Waals surface area (Å²) in [5.41, 5.74) is 8.84. The molecule has 3 nitrogen and oxygen atoms in total. The van der Waals surface area contributed by atoms with Gasteiger partial charge in [0.15, 0.2) is 0 Å². The summed E-state index contributed by atoms with van der Waals surface area (Å²) < 4.78 is 5.66. The molecular weight excluding hydrogens is 236 g/mol. The van der Waals surface area contributed by atoms with Gasteiger partial charge < -0.3 is 10.5 Å². The maximum absolute atomic E-state index is 9.39. The molecule has 19 heavy (non-hydrogen) atoms. The second-order valence-corrected chi connectivity index (χ2v) is 4.99. The van der Waals surface area contributed by atoms with Gasteiger partial charge in [-0.25, -0.2) is 0 Å². The minimum atomic E-state index is -0.0183. The summed E-state index contributed by atoms with van der Waals surface area (Å²) >= 11 is 0. The van der Waals surface area contributed by atoms with E-state index in [1.807, 2.05) is 18.2 Å². The molecule has 2 N–H and O–H groups in total. The Balaban J connectivity index is 2.12. The van der Waals surface area contributed by atoms with Gasteiger partial charge in [0.05, 0.1) is 0 Å². The van der Waals surface area contributed by atoms with Gasteiger partial charge in [-0.2, -0.15) is 5.26 Å². The van der Waals surface area contributed by atoms with E-state index < -0.39 is 0 Å². The summed E-state index contributed by atoms with van der Waals surface area (Å²) in [6.45, 7) is 0. The number of nitriles is 1. The topological polar surface area (TPSA) is 59.0 Å². The van der Waals surface area contributed by atoms with Gasteiger partial charge in [-0.05, 0) is 30.4 Å². The van der Waals surface area contributed by atoms with Gasteiger partial charge in [0.25, 0.3) is 0 Å². The van der Waals surface area contributed by atoms with Crippen molar-refractivity contribution in [2.24, 2.45) is 5.73 Å². The van der Waals surface area contributed by atoms with E-state index in [9.17, 15) is 5.26 Å². The van der Waals surface area contributed by atoms with E-state index in [1.165, 1.54) is 5.57 Å². The fraction of sp³-hybridized carbons (Fsp3) is 0.312. The normalized spacial score (nSPS) is 22.6. The number of rotatable bonds is 1. The number of benzene rings is 1. The molecule has 2 aliphatic rings. The standard InChI is InChI=1S/C16H16N2O/c17-10-13-15(11-6-2-1-3-7-11)12-8-4-5-9-14(12)19-16(13)18/h1-3,6-7,15H,4-5,8-9,18H2/t15-/m0/s1. The third kappa shape index (κ3) is 2.00. The maximum atomic E-state index is 9.39. The van der Waals surface area contributed by atoms with Gasteiger partial charge in [-0.15, -0.1) is 0 Å². The lowest BCUT2D eigenvalue weighted by Crippen LogP contribution is -2.22.